The van der Waals surface area contributed by atoms with Crippen molar-refractivity contribution < 1.29 is 38.9 Å². The van der Waals surface area contributed by atoms with Crippen LogP contribution in [0.3, 0.4) is 0 Å². The Kier molecular flexibility index (Phi) is 10.1. The van der Waals surface area contributed by atoms with E-state index in [1.807, 2.05) is 30.3 Å². The highest BCUT2D eigenvalue weighted by Gasteiger charge is 2.52. The summed E-state index contributed by atoms with van der Waals surface area (Å²) in [5.41, 5.74) is 1.26. The van der Waals surface area contributed by atoms with Crippen LogP contribution in [0.1, 0.15) is 43.4 Å². The first-order valence-electron chi connectivity index (χ1n) is 15.5. The van der Waals surface area contributed by atoms with E-state index in [1.54, 1.807) is 66.4 Å². The Balaban J connectivity index is 1.32. The molecule has 47 heavy (non-hydrogen) atoms. The molecule has 0 saturated carbocycles. The van der Waals surface area contributed by atoms with E-state index in [2.05, 4.69) is 0 Å². The largest absolute Gasteiger partial charge is 0.497 e. The second kappa shape index (κ2) is 14.2. The molecule has 11 nitrogen and oxygen atoms in total. The summed E-state index contributed by atoms with van der Waals surface area (Å²) in [6.45, 7) is 3.53. The molecule has 5 rings (SSSR count). The van der Waals surface area contributed by atoms with Crippen LogP contribution in [0.4, 0.5) is 11.4 Å². The number of anilines is 2. The van der Waals surface area contributed by atoms with Gasteiger partial charge in [-0.05, 0) is 41.5 Å². The Morgan fingerprint density at radius 3 is 2.43 bits per heavy atom. The molecule has 2 N–H and O–H groups in total. The van der Waals surface area contributed by atoms with E-state index in [1.165, 1.54) is 23.8 Å². The summed E-state index contributed by atoms with van der Waals surface area (Å²) in [6.07, 6.45) is 2.82. The highest BCUT2D eigenvalue weighted by atomic mass is 16.6. The van der Waals surface area contributed by atoms with Gasteiger partial charge in [0.2, 0.25) is 11.8 Å². The van der Waals surface area contributed by atoms with E-state index in [0.29, 0.717) is 29.2 Å². The number of esters is 1. The summed E-state index contributed by atoms with van der Waals surface area (Å²) in [7, 11) is 1.51. The van der Waals surface area contributed by atoms with Gasteiger partial charge in [0, 0.05) is 43.6 Å². The van der Waals surface area contributed by atoms with E-state index in [9.17, 15) is 29.4 Å². The standard InChI is InChI=1S/C36H39N3O8/c1-24(8-7-11-32(42)37(18-19-40)22-26-9-5-4-6-10-26)36(45)30-20-29(46-3)16-17-31(30)38(35(36)44)23-27-12-14-28(15-13-27)39-33(43)21-34(39)47-25(2)41/h4-10,12-17,20,24,34,40,45H,11,18-19,21-23H2,1-3H3/b8-7+/t24-,34?,36+/m0/s1. The number of methoxy groups -OCH3 is 1. The third kappa shape index (κ3) is 6.91. The van der Waals surface area contributed by atoms with Crippen LogP contribution in [-0.2, 0) is 42.6 Å². The highest BCUT2D eigenvalue weighted by Crippen LogP contribution is 2.47. The molecule has 0 radical (unpaired) electrons. The lowest BCUT2D eigenvalue weighted by Gasteiger charge is -2.39. The van der Waals surface area contributed by atoms with Crippen molar-refractivity contribution in [2.75, 3.05) is 30.1 Å². The molecule has 0 aliphatic carbocycles. The smallest absolute Gasteiger partial charge is 0.304 e. The van der Waals surface area contributed by atoms with Gasteiger partial charge in [0.1, 0.15) is 5.75 Å². The fourth-order valence-electron chi connectivity index (χ4n) is 6.00. The Hall–Kier alpha value is -5.00. The zero-order valence-corrected chi connectivity index (χ0v) is 26.7. The Bertz CT molecular complexity index is 1660. The lowest BCUT2D eigenvalue weighted by Crippen LogP contribution is -2.54. The van der Waals surface area contributed by atoms with Crippen LogP contribution in [-0.4, -0.2) is 65.3 Å². The molecule has 3 amide bonds. The summed E-state index contributed by atoms with van der Waals surface area (Å²) >= 11 is 0. The number of ether oxygens (including phenoxy) is 2. The molecule has 2 aliphatic heterocycles. The number of hydrogen-bond donors (Lipinski definition) is 2. The molecular formula is C36H39N3O8. The highest BCUT2D eigenvalue weighted by molar-refractivity contribution is 6.07. The van der Waals surface area contributed by atoms with Crippen molar-refractivity contribution in [1.29, 1.82) is 0 Å². The number of benzene rings is 3. The van der Waals surface area contributed by atoms with E-state index >= 15 is 0 Å². The van der Waals surface area contributed by atoms with Crippen LogP contribution >= 0.6 is 0 Å². The molecule has 246 valence electrons. The van der Waals surface area contributed by atoms with Crippen molar-refractivity contribution >= 4 is 35.1 Å². The summed E-state index contributed by atoms with van der Waals surface area (Å²) in [5, 5.41) is 21.6. The maximum atomic E-state index is 14.0. The molecule has 1 unspecified atom stereocenters. The number of nitrogens with zero attached hydrogens (tertiary/aromatic N) is 3. The van der Waals surface area contributed by atoms with Crippen LogP contribution in [0.2, 0.25) is 0 Å². The molecule has 3 atom stereocenters. The fraction of sp³-hybridized carbons (Fsp3) is 0.333. The van der Waals surface area contributed by atoms with Gasteiger partial charge < -0.3 is 29.5 Å². The average molecular weight is 642 g/mol. The predicted molar refractivity (Wildman–Crippen MR) is 174 cm³/mol. The van der Waals surface area contributed by atoms with Gasteiger partial charge in [0.05, 0.1) is 32.4 Å². The number of β-lactam (4-membered cyclic amide) rings is 1. The van der Waals surface area contributed by atoms with Crippen LogP contribution in [0.25, 0.3) is 0 Å². The number of hydrogen-bond acceptors (Lipinski definition) is 8. The second-order valence-electron chi connectivity index (χ2n) is 11.7. The molecule has 11 heteroatoms. The van der Waals surface area contributed by atoms with Crippen molar-refractivity contribution in [2.24, 2.45) is 5.92 Å². The molecule has 0 aromatic heterocycles. The molecule has 0 bridgehead atoms. The SMILES string of the molecule is COc1ccc2c(c1)[C@](O)([C@@H](C)/C=C/CC(=O)N(CCO)Cc1ccccc1)C(=O)N2Cc1ccc(N2C(=O)CC2OC(C)=O)cc1. The summed E-state index contributed by atoms with van der Waals surface area (Å²) in [6, 6.07) is 21.6. The Morgan fingerprint density at radius 2 is 1.79 bits per heavy atom. The van der Waals surface area contributed by atoms with Gasteiger partial charge in [-0.2, -0.15) is 0 Å². The Morgan fingerprint density at radius 1 is 1.06 bits per heavy atom. The summed E-state index contributed by atoms with van der Waals surface area (Å²) < 4.78 is 10.6. The zero-order valence-electron chi connectivity index (χ0n) is 26.7. The minimum Gasteiger partial charge on any atom is -0.497 e. The van der Waals surface area contributed by atoms with Gasteiger partial charge in [0.25, 0.3) is 5.91 Å². The zero-order chi connectivity index (χ0) is 33.7. The third-order valence-corrected chi connectivity index (χ3v) is 8.55. The van der Waals surface area contributed by atoms with Crippen molar-refractivity contribution in [2.45, 2.75) is 51.6 Å². The number of carbonyl (C=O) groups is 4. The molecule has 3 aromatic carbocycles. The fourth-order valence-corrected chi connectivity index (χ4v) is 6.00. The average Bonchev–Trinajstić information content (AvgIpc) is 3.27. The molecule has 2 heterocycles. The van der Waals surface area contributed by atoms with Gasteiger partial charge in [-0.25, -0.2) is 0 Å². The topological polar surface area (TPSA) is 137 Å². The first-order valence-corrected chi connectivity index (χ1v) is 15.5. The number of carbonyl (C=O) groups excluding carboxylic acids is 4. The number of amides is 3. The lowest BCUT2D eigenvalue weighted by molar-refractivity contribution is -0.154. The van der Waals surface area contributed by atoms with Gasteiger partial charge in [-0.3, -0.25) is 24.1 Å². The number of aliphatic hydroxyl groups is 2. The first kappa shape index (κ1) is 33.4. The van der Waals surface area contributed by atoms with E-state index in [4.69, 9.17) is 9.47 Å². The first-order chi connectivity index (χ1) is 22.6. The van der Waals surface area contributed by atoms with Crippen LogP contribution in [0, 0.1) is 5.92 Å². The number of rotatable bonds is 13. The van der Waals surface area contributed by atoms with Crippen molar-refractivity contribution in [3.63, 3.8) is 0 Å². The minimum atomic E-state index is -1.93. The molecule has 1 fully saturated rings. The van der Waals surface area contributed by atoms with Gasteiger partial charge in [-0.1, -0.05) is 61.5 Å². The maximum Gasteiger partial charge on any atom is 0.304 e. The van der Waals surface area contributed by atoms with Crippen LogP contribution in [0.5, 0.6) is 5.75 Å². The van der Waals surface area contributed by atoms with E-state index < -0.39 is 29.6 Å². The quantitative estimate of drug-likeness (QED) is 0.164. The molecule has 2 aliphatic rings. The molecular weight excluding hydrogens is 602 g/mol. The number of aliphatic hydroxyl groups excluding tert-OH is 1. The van der Waals surface area contributed by atoms with Crippen LogP contribution in [0.15, 0.2) is 84.9 Å². The summed E-state index contributed by atoms with van der Waals surface area (Å²) in [5.74, 6) is -1.57. The number of fused-ring (bicyclic) bond motifs is 1. The van der Waals surface area contributed by atoms with Gasteiger partial charge >= 0.3 is 5.97 Å². The van der Waals surface area contributed by atoms with E-state index in [0.717, 1.165) is 11.1 Å². The van der Waals surface area contributed by atoms with Gasteiger partial charge in [0.15, 0.2) is 11.8 Å². The predicted octanol–water partition coefficient (Wildman–Crippen LogP) is 3.66. The van der Waals surface area contributed by atoms with Crippen molar-refractivity contribution in [3.8, 4) is 5.75 Å². The Labute approximate surface area is 273 Å². The van der Waals surface area contributed by atoms with Crippen molar-refractivity contribution in [1.82, 2.24) is 4.90 Å². The normalized spacial score (nSPS) is 19.4. The lowest BCUT2D eigenvalue weighted by atomic mass is 9.83. The van der Waals surface area contributed by atoms with Crippen LogP contribution < -0.4 is 14.5 Å². The minimum absolute atomic E-state index is 0.0281. The van der Waals surface area contributed by atoms with E-state index in [-0.39, 0.29) is 44.4 Å². The summed E-state index contributed by atoms with van der Waals surface area (Å²) in [4.78, 5) is 55.2. The monoisotopic (exact) mass is 641 g/mol. The van der Waals surface area contributed by atoms with Crippen molar-refractivity contribution in [3.05, 3.63) is 102 Å². The molecule has 3 aromatic rings. The third-order valence-electron chi connectivity index (χ3n) is 8.55. The van der Waals surface area contributed by atoms with Gasteiger partial charge in [-0.15, -0.1) is 0 Å². The molecule has 1 saturated heterocycles. The second-order valence-corrected chi connectivity index (χ2v) is 11.7. The maximum absolute atomic E-state index is 14.0. The molecule has 0 spiro atoms.